The number of hydrogen-bond donors (Lipinski definition) is 2. The van der Waals surface area contributed by atoms with Gasteiger partial charge in [0.1, 0.15) is 12.6 Å². The average Bonchev–Trinajstić information content (AvgIpc) is 3.04. The Labute approximate surface area is 281 Å². The van der Waals surface area contributed by atoms with Crippen LogP contribution in [0.1, 0.15) is 149 Å². The van der Waals surface area contributed by atoms with E-state index in [-0.39, 0.29) is 24.5 Å². The van der Waals surface area contributed by atoms with Crippen LogP contribution in [-0.2, 0) is 19.1 Å². The van der Waals surface area contributed by atoms with Crippen molar-refractivity contribution in [3.63, 3.8) is 0 Å². The average molecular weight is 640 g/mol. The number of esters is 1. The lowest BCUT2D eigenvalue weighted by molar-refractivity contribution is -0.147. The van der Waals surface area contributed by atoms with Gasteiger partial charge in [0, 0.05) is 12.8 Å². The lowest BCUT2D eigenvalue weighted by Crippen LogP contribution is -2.28. The number of carbonyl (C=O) groups is 3. The first-order chi connectivity index (χ1) is 22.5. The van der Waals surface area contributed by atoms with Gasteiger partial charge in [0.2, 0.25) is 5.91 Å². The second-order valence-corrected chi connectivity index (χ2v) is 11.7. The third-order valence-electron chi connectivity index (χ3n) is 7.35. The summed E-state index contributed by atoms with van der Waals surface area (Å²) in [6.45, 7) is 4.04. The van der Waals surface area contributed by atoms with Crippen molar-refractivity contribution in [2.24, 2.45) is 0 Å². The Kier molecular flexibility index (Phi) is 32.3. The molecule has 0 rings (SSSR count). The van der Waals surface area contributed by atoms with Gasteiger partial charge in [0.25, 0.3) is 0 Å². The lowest BCUT2D eigenvalue weighted by atomic mass is 10.1. The van der Waals surface area contributed by atoms with Crippen LogP contribution in [0.4, 0.5) is 0 Å². The Hall–Kier alpha value is -3.15. The first-order valence-electron chi connectivity index (χ1n) is 18.1. The largest absolute Gasteiger partial charge is 0.480 e. The molecule has 1 unspecified atom stereocenters. The molecule has 0 radical (unpaired) electrons. The van der Waals surface area contributed by atoms with Crippen molar-refractivity contribution in [1.82, 2.24) is 5.32 Å². The van der Waals surface area contributed by atoms with Crippen molar-refractivity contribution in [2.45, 2.75) is 155 Å². The van der Waals surface area contributed by atoms with E-state index in [4.69, 9.17) is 9.84 Å². The minimum Gasteiger partial charge on any atom is -0.480 e. The van der Waals surface area contributed by atoms with Gasteiger partial charge in [-0.15, -0.1) is 0 Å². The summed E-state index contributed by atoms with van der Waals surface area (Å²) in [5, 5.41) is 11.0. The van der Waals surface area contributed by atoms with Crippen LogP contribution in [0.3, 0.4) is 0 Å². The molecular formula is C40H65NO5. The van der Waals surface area contributed by atoms with Gasteiger partial charge in [-0.05, 0) is 89.5 Å². The van der Waals surface area contributed by atoms with Gasteiger partial charge >= 0.3 is 11.9 Å². The number of hydrogen-bond acceptors (Lipinski definition) is 4. The minimum atomic E-state index is -1.02. The van der Waals surface area contributed by atoms with E-state index in [1.54, 1.807) is 0 Å². The number of nitrogens with one attached hydrogen (secondary N) is 1. The van der Waals surface area contributed by atoms with Crippen LogP contribution in [-0.4, -0.2) is 35.6 Å². The maximum absolute atomic E-state index is 12.6. The van der Waals surface area contributed by atoms with E-state index < -0.39 is 5.97 Å². The van der Waals surface area contributed by atoms with E-state index in [9.17, 15) is 14.4 Å². The number of unbranched alkanes of at least 4 members (excludes halogenated alkanes) is 10. The molecule has 46 heavy (non-hydrogen) atoms. The van der Waals surface area contributed by atoms with E-state index in [1.807, 2.05) is 0 Å². The standard InChI is InChI=1S/C40H65NO5/c1-3-5-7-9-11-13-14-15-16-17-18-19-21-27-31-35-40(45)46-37(32-28-24-20-12-10-8-6-4-2)33-29-25-22-23-26-30-34-38(42)41-36-39(43)44/h5,7,11-13,15-16,18-20,28,32,37H,3-4,6,8-10,14,17,21-27,29-31,33-36H2,1-2H3,(H,41,42)(H,43,44)/b7-5-,13-11-,16-15-,19-18-,20-12-,32-28-. The molecule has 0 spiro atoms. The van der Waals surface area contributed by atoms with Gasteiger partial charge in [-0.1, -0.05) is 119 Å². The number of rotatable bonds is 31. The SMILES string of the molecule is CC/C=C\C/C=C\C/C=C\C/C=C\CCCCC(=O)OC(/C=C\C/C=C\CCCCC)CCCCCCCCC(=O)NCC(=O)O. The summed E-state index contributed by atoms with van der Waals surface area (Å²) in [6, 6.07) is 0. The summed E-state index contributed by atoms with van der Waals surface area (Å²) in [4.78, 5) is 34.7. The van der Waals surface area contributed by atoms with Gasteiger partial charge in [0.15, 0.2) is 0 Å². The molecule has 0 aliphatic heterocycles. The van der Waals surface area contributed by atoms with Crippen LogP contribution in [0.2, 0.25) is 0 Å². The van der Waals surface area contributed by atoms with E-state index in [1.165, 1.54) is 19.3 Å². The fourth-order valence-corrected chi connectivity index (χ4v) is 4.69. The third kappa shape index (κ3) is 33.7. The van der Waals surface area contributed by atoms with Crippen LogP contribution in [0.15, 0.2) is 72.9 Å². The Morgan fingerprint density at radius 1 is 0.609 bits per heavy atom. The zero-order valence-electron chi connectivity index (χ0n) is 29.1. The van der Waals surface area contributed by atoms with Gasteiger partial charge in [-0.2, -0.15) is 0 Å². The molecule has 0 aromatic heterocycles. The van der Waals surface area contributed by atoms with Crippen molar-refractivity contribution in [3.05, 3.63) is 72.9 Å². The predicted molar refractivity (Wildman–Crippen MR) is 194 cm³/mol. The number of allylic oxidation sites excluding steroid dienone is 11. The maximum atomic E-state index is 12.6. The molecule has 260 valence electrons. The highest BCUT2D eigenvalue weighted by molar-refractivity contribution is 5.80. The highest BCUT2D eigenvalue weighted by Gasteiger charge is 2.11. The zero-order chi connectivity index (χ0) is 33.8. The van der Waals surface area contributed by atoms with Crippen molar-refractivity contribution in [3.8, 4) is 0 Å². The topological polar surface area (TPSA) is 92.7 Å². The summed E-state index contributed by atoms with van der Waals surface area (Å²) in [6.07, 6.45) is 46.0. The summed E-state index contributed by atoms with van der Waals surface area (Å²) in [5.41, 5.74) is 0. The van der Waals surface area contributed by atoms with E-state index in [0.29, 0.717) is 12.8 Å². The molecule has 0 heterocycles. The van der Waals surface area contributed by atoms with Crippen LogP contribution in [0.5, 0.6) is 0 Å². The monoisotopic (exact) mass is 639 g/mol. The number of carboxylic acids is 1. The molecule has 0 saturated carbocycles. The molecule has 1 atom stereocenters. The van der Waals surface area contributed by atoms with Crippen molar-refractivity contribution in [1.29, 1.82) is 0 Å². The lowest BCUT2D eigenvalue weighted by Gasteiger charge is -2.14. The first kappa shape index (κ1) is 42.9. The maximum Gasteiger partial charge on any atom is 0.322 e. The molecule has 0 aromatic rings. The first-order valence-corrected chi connectivity index (χ1v) is 18.1. The molecule has 0 aromatic carbocycles. The molecule has 0 fully saturated rings. The highest BCUT2D eigenvalue weighted by Crippen LogP contribution is 2.14. The predicted octanol–water partition coefficient (Wildman–Crippen LogP) is 10.7. The quantitative estimate of drug-likeness (QED) is 0.0447. The summed E-state index contributed by atoms with van der Waals surface area (Å²) in [7, 11) is 0. The number of amides is 1. The molecular weight excluding hydrogens is 574 g/mol. The van der Waals surface area contributed by atoms with Crippen LogP contribution < -0.4 is 5.32 Å². The van der Waals surface area contributed by atoms with Gasteiger partial charge in [-0.3, -0.25) is 14.4 Å². The van der Waals surface area contributed by atoms with Crippen LogP contribution in [0.25, 0.3) is 0 Å². The van der Waals surface area contributed by atoms with Crippen molar-refractivity contribution >= 4 is 17.8 Å². The smallest absolute Gasteiger partial charge is 0.322 e. The van der Waals surface area contributed by atoms with Crippen molar-refractivity contribution in [2.75, 3.05) is 6.54 Å². The number of aliphatic carboxylic acids is 1. The summed E-state index contributed by atoms with van der Waals surface area (Å²) >= 11 is 0. The Morgan fingerprint density at radius 2 is 1.13 bits per heavy atom. The van der Waals surface area contributed by atoms with Crippen LogP contribution in [0, 0.1) is 0 Å². The Morgan fingerprint density at radius 3 is 1.74 bits per heavy atom. The van der Waals surface area contributed by atoms with E-state index in [2.05, 4.69) is 92.1 Å². The summed E-state index contributed by atoms with van der Waals surface area (Å²) in [5.74, 6) is -1.34. The fourth-order valence-electron chi connectivity index (χ4n) is 4.69. The molecule has 0 aliphatic carbocycles. The molecule has 0 bridgehead atoms. The minimum absolute atomic E-state index is 0.115. The molecule has 0 aliphatic rings. The molecule has 2 N–H and O–H groups in total. The Balaban J connectivity index is 4.31. The second-order valence-electron chi connectivity index (χ2n) is 11.7. The zero-order valence-corrected chi connectivity index (χ0v) is 29.1. The second kappa shape index (κ2) is 34.7. The van der Waals surface area contributed by atoms with E-state index >= 15 is 0 Å². The highest BCUT2D eigenvalue weighted by atomic mass is 16.5. The molecule has 0 saturated heterocycles. The van der Waals surface area contributed by atoms with Gasteiger partial charge < -0.3 is 15.2 Å². The fraction of sp³-hybridized carbons (Fsp3) is 0.625. The van der Waals surface area contributed by atoms with Gasteiger partial charge in [-0.25, -0.2) is 0 Å². The normalized spacial score (nSPS) is 12.9. The Bertz CT molecular complexity index is 928. The van der Waals surface area contributed by atoms with Crippen molar-refractivity contribution < 1.29 is 24.2 Å². The number of ether oxygens (including phenoxy) is 1. The summed E-state index contributed by atoms with van der Waals surface area (Å²) < 4.78 is 5.87. The molecule has 6 heteroatoms. The third-order valence-corrected chi connectivity index (χ3v) is 7.35. The number of carbonyl (C=O) groups excluding carboxylic acids is 2. The molecule has 6 nitrogen and oxygen atoms in total. The molecule has 1 amide bonds. The number of carboxylic acid groups (broad SMARTS) is 1. The van der Waals surface area contributed by atoms with Crippen LogP contribution >= 0.6 is 0 Å². The van der Waals surface area contributed by atoms with E-state index in [0.717, 1.165) is 103 Å². The van der Waals surface area contributed by atoms with Gasteiger partial charge in [0.05, 0.1) is 0 Å².